The van der Waals surface area contributed by atoms with Crippen LogP contribution in [0.4, 0.5) is 13.2 Å². The molecule has 4 nitrogen and oxygen atoms in total. The molecule has 1 aliphatic rings. The summed E-state index contributed by atoms with van der Waals surface area (Å²) < 4.78 is 40.0. The molecule has 7 heteroatoms. The largest absolute Gasteiger partial charge is 0.411 e. The minimum absolute atomic E-state index is 0.107. The topological polar surface area (TPSA) is 35.9 Å². The smallest absolute Gasteiger partial charge is 0.392 e. The molecule has 0 bridgehead atoms. The Bertz CT molecular complexity index is 229. The summed E-state index contributed by atoms with van der Waals surface area (Å²) in [7, 11) is 0. The average molecular weight is 270 g/mol. The summed E-state index contributed by atoms with van der Waals surface area (Å²) in [5, 5.41) is 9.24. The Morgan fingerprint density at radius 3 is 2.22 bits per heavy atom. The highest BCUT2D eigenvalue weighted by Gasteiger charge is 2.27. The van der Waals surface area contributed by atoms with Gasteiger partial charge in [0.25, 0.3) is 0 Å². The summed E-state index contributed by atoms with van der Waals surface area (Å²) in [6.07, 6.45) is -4.58. The van der Waals surface area contributed by atoms with Crippen molar-refractivity contribution in [2.75, 3.05) is 52.5 Å². The molecule has 0 spiro atoms. The highest BCUT2D eigenvalue weighted by Crippen LogP contribution is 2.14. The van der Waals surface area contributed by atoms with E-state index < -0.39 is 12.8 Å². The van der Waals surface area contributed by atoms with E-state index in [1.807, 2.05) is 0 Å². The molecule has 0 aliphatic carbocycles. The van der Waals surface area contributed by atoms with Crippen molar-refractivity contribution < 1.29 is 23.0 Å². The lowest BCUT2D eigenvalue weighted by molar-refractivity contribution is -0.174. The van der Waals surface area contributed by atoms with Gasteiger partial charge in [0.1, 0.15) is 6.61 Å². The number of rotatable bonds is 6. The number of ether oxygens (including phenoxy) is 1. The third-order valence-electron chi connectivity index (χ3n) is 2.80. The maximum absolute atomic E-state index is 11.8. The summed E-state index contributed by atoms with van der Waals surface area (Å²) in [4.78, 5) is 4.23. The van der Waals surface area contributed by atoms with Gasteiger partial charge in [0.2, 0.25) is 0 Å². The lowest BCUT2D eigenvalue weighted by Crippen LogP contribution is -2.49. The summed E-state index contributed by atoms with van der Waals surface area (Å²) in [5.74, 6) is 0. The van der Waals surface area contributed by atoms with Crippen LogP contribution in [-0.4, -0.2) is 79.7 Å². The lowest BCUT2D eigenvalue weighted by Gasteiger charge is -2.35. The molecule has 1 rings (SSSR count). The van der Waals surface area contributed by atoms with Crippen LogP contribution in [0.5, 0.6) is 0 Å². The third-order valence-corrected chi connectivity index (χ3v) is 2.80. The molecule has 0 aromatic carbocycles. The van der Waals surface area contributed by atoms with Gasteiger partial charge in [-0.2, -0.15) is 13.2 Å². The van der Waals surface area contributed by atoms with Gasteiger partial charge in [0.05, 0.1) is 12.7 Å². The number of halogens is 3. The Hall–Kier alpha value is -0.370. The molecular formula is C11H21F3N2O2. The van der Waals surface area contributed by atoms with Crippen molar-refractivity contribution in [2.45, 2.75) is 19.2 Å². The Morgan fingerprint density at radius 2 is 1.72 bits per heavy atom. The maximum Gasteiger partial charge on any atom is 0.411 e. The van der Waals surface area contributed by atoms with Crippen molar-refractivity contribution in [1.82, 2.24) is 9.80 Å². The van der Waals surface area contributed by atoms with Crippen LogP contribution in [0.25, 0.3) is 0 Å². The van der Waals surface area contributed by atoms with E-state index in [-0.39, 0.29) is 12.7 Å². The van der Waals surface area contributed by atoms with E-state index in [4.69, 9.17) is 0 Å². The second-order valence-corrected chi connectivity index (χ2v) is 4.66. The monoisotopic (exact) mass is 270 g/mol. The standard InChI is InChI=1S/C11H21F3N2O2/c1-10(17)8-16-4-2-15(3-5-16)6-7-18-9-11(12,13)14/h10,17H,2-9H2,1H3/t10-/m1/s1. The molecule has 108 valence electrons. The number of hydrogen-bond acceptors (Lipinski definition) is 4. The zero-order valence-corrected chi connectivity index (χ0v) is 10.6. The first-order chi connectivity index (χ1) is 8.37. The molecule has 1 aliphatic heterocycles. The Kier molecular flexibility index (Phi) is 6.34. The van der Waals surface area contributed by atoms with E-state index in [0.717, 1.165) is 26.2 Å². The van der Waals surface area contributed by atoms with Crippen molar-refractivity contribution in [2.24, 2.45) is 0 Å². The van der Waals surface area contributed by atoms with Crippen molar-refractivity contribution in [3.05, 3.63) is 0 Å². The van der Waals surface area contributed by atoms with Gasteiger partial charge in [-0.05, 0) is 6.92 Å². The van der Waals surface area contributed by atoms with Crippen LogP contribution in [-0.2, 0) is 4.74 Å². The summed E-state index contributed by atoms with van der Waals surface area (Å²) in [5.41, 5.74) is 0. The summed E-state index contributed by atoms with van der Waals surface area (Å²) >= 11 is 0. The molecule has 1 saturated heterocycles. The fourth-order valence-corrected chi connectivity index (χ4v) is 1.95. The Morgan fingerprint density at radius 1 is 1.17 bits per heavy atom. The van der Waals surface area contributed by atoms with Gasteiger partial charge in [-0.3, -0.25) is 9.80 Å². The number of nitrogens with zero attached hydrogens (tertiary/aromatic N) is 2. The van der Waals surface area contributed by atoms with Gasteiger partial charge < -0.3 is 9.84 Å². The Labute approximate surface area is 105 Å². The number of aliphatic hydroxyl groups is 1. The minimum atomic E-state index is -4.24. The Balaban J connectivity index is 2.05. The second kappa shape index (κ2) is 7.28. The molecule has 1 heterocycles. The first-order valence-corrected chi connectivity index (χ1v) is 6.14. The van der Waals surface area contributed by atoms with E-state index in [1.165, 1.54) is 0 Å². The molecule has 0 amide bonds. The number of hydrogen-bond donors (Lipinski definition) is 1. The lowest BCUT2D eigenvalue weighted by atomic mass is 10.3. The SMILES string of the molecule is C[C@@H](O)CN1CCN(CCOCC(F)(F)F)CC1. The highest BCUT2D eigenvalue weighted by atomic mass is 19.4. The van der Waals surface area contributed by atoms with Crippen molar-refractivity contribution >= 4 is 0 Å². The molecule has 0 saturated carbocycles. The van der Waals surface area contributed by atoms with Crippen molar-refractivity contribution in [3.63, 3.8) is 0 Å². The molecule has 1 atom stereocenters. The van der Waals surface area contributed by atoms with Crippen LogP contribution < -0.4 is 0 Å². The van der Waals surface area contributed by atoms with Crippen LogP contribution in [0.15, 0.2) is 0 Å². The minimum Gasteiger partial charge on any atom is -0.392 e. The number of piperazine rings is 1. The summed E-state index contributed by atoms with van der Waals surface area (Å²) in [6.45, 7) is 5.15. The van der Waals surface area contributed by atoms with Gasteiger partial charge >= 0.3 is 6.18 Å². The van der Waals surface area contributed by atoms with E-state index in [0.29, 0.717) is 13.1 Å². The van der Waals surface area contributed by atoms with Gasteiger partial charge in [-0.1, -0.05) is 0 Å². The van der Waals surface area contributed by atoms with Crippen LogP contribution in [0.1, 0.15) is 6.92 Å². The van der Waals surface area contributed by atoms with E-state index in [1.54, 1.807) is 6.92 Å². The average Bonchev–Trinajstić information content (AvgIpc) is 2.24. The molecular weight excluding hydrogens is 249 g/mol. The molecule has 0 radical (unpaired) electrons. The quantitative estimate of drug-likeness (QED) is 0.716. The van der Waals surface area contributed by atoms with Crippen LogP contribution in [0.3, 0.4) is 0 Å². The number of β-amino-alcohol motifs (C(OH)–C–C–N with tert-alkyl or cyclic N) is 1. The molecule has 0 unspecified atom stereocenters. The van der Waals surface area contributed by atoms with E-state index in [2.05, 4.69) is 14.5 Å². The van der Waals surface area contributed by atoms with Crippen molar-refractivity contribution in [1.29, 1.82) is 0 Å². The van der Waals surface area contributed by atoms with E-state index >= 15 is 0 Å². The van der Waals surface area contributed by atoms with Crippen LogP contribution >= 0.6 is 0 Å². The second-order valence-electron chi connectivity index (χ2n) is 4.66. The molecule has 0 aromatic heterocycles. The highest BCUT2D eigenvalue weighted by molar-refractivity contribution is 4.72. The fourth-order valence-electron chi connectivity index (χ4n) is 1.95. The van der Waals surface area contributed by atoms with Gasteiger partial charge in [-0.25, -0.2) is 0 Å². The predicted octanol–water partition coefficient (Wildman–Crippen LogP) is 0.564. The van der Waals surface area contributed by atoms with Gasteiger partial charge in [-0.15, -0.1) is 0 Å². The normalized spacial score (nSPS) is 21.2. The molecule has 0 aromatic rings. The predicted molar refractivity (Wildman–Crippen MR) is 61.4 cm³/mol. The number of alkyl halides is 3. The first-order valence-electron chi connectivity index (χ1n) is 6.14. The summed E-state index contributed by atoms with van der Waals surface area (Å²) in [6, 6.07) is 0. The first kappa shape index (κ1) is 15.7. The zero-order chi connectivity index (χ0) is 13.6. The molecule has 1 N–H and O–H groups in total. The van der Waals surface area contributed by atoms with Gasteiger partial charge in [0.15, 0.2) is 0 Å². The fraction of sp³-hybridized carbons (Fsp3) is 1.00. The van der Waals surface area contributed by atoms with Crippen LogP contribution in [0.2, 0.25) is 0 Å². The molecule has 18 heavy (non-hydrogen) atoms. The third kappa shape index (κ3) is 7.15. The van der Waals surface area contributed by atoms with Crippen molar-refractivity contribution in [3.8, 4) is 0 Å². The maximum atomic E-state index is 11.8. The van der Waals surface area contributed by atoms with E-state index in [9.17, 15) is 18.3 Å². The molecule has 1 fully saturated rings. The van der Waals surface area contributed by atoms with Gasteiger partial charge in [0, 0.05) is 39.3 Å². The van der Waals surface area contributed by atoms with Crippen LogP contribution in [0, 0.1) is 0 Å². The zero-order valence-electron chi connectivity index (χ0n) is 10.6. The number of aliphatic hydroxyl groups excluding tert-OH is 1.